The lowest BCUT2D eigenvalue weighted by Gasteiger charge is -2.25. The first-order valence-corrected chi connectivity index (χ1v) is 8.10. The van der Waals surface area contributed by atoms with E-state index in [1.165, 1.54) is 12.5 Å². The van der Waals surface area contributed by atoms with Crippen LogP contribution in [0, 0.1) is 5.92 Å². The molecule has 4 N–H and O–H groups in total. The van der Waals surface area contributed by atoms with E-state index in [4.69, 9.17) is 10.9 Å². The maximum absolute atomic E-state index is 11.5. The number of sulfonamides is 1. The molecule has 0 aliphatic carbocycles. The van der Waals surface area contributed by atoms with Crippen molar-refractivity contribution in [1.82, 2.24) is 0 Å². The number of hydrogen-bond acceptors (Lipinski definition) is 4. The Hall–Kier alpha value is -1.27. The molecule has 2 rings (SSSR count). The highest BCUT2D eigenvalue weighted by atomic mass is 32.2. The van der Waals surface area contributed by atoms with Gasteiger partial charge in [-0.2, -0.15) is 0 Å². The molecule has 1 aromatic carbocycles. The van der Waals surface area contributed by atoms with E-state index >= 15 is 0 Å². The summed E-state index contributed by atoms with van der Waals surface area (Å²) in [6.45, 7) is 4.05. The molecule has 0 bridgehead atoms. The van der Waals surface area contributed by atoms with Gasteiger partial charge in [0.05, 0.1) is 11.4 Å². The quantitative estimate of drug-likeness (QED) is 0.806. The highest BCUT2D eigenvalue weighted by Gasteiger charge is 2.20. The number of primary sulfonamides is 1. The predicted octanol–water partition coefficient (Wildman–Crippen LogP) is 1.54. The van der Waals surface area contributed by atoms with E-state index in [0.29, 0.717) is 5.92 Å². The fourth-order valence-corrected chi connectivity index (χ4v) is 3.24. The second kappa shape index (κ2) is 5.38. The van der Waals surface area contributed by atoms with Crippen molar-refractivity contribution in [3.05, 3.63) is 18.2 Å². The monoisotopic (exact) mass is 283 g/mol. The third-order valence-electron chi connectivity index (χ3n) is 3.71. The van der Waals surface area contributed by atoms with Gasteiger partial charge in [0, 0.05) is 13.1 Å². The Morgan fingerprint density at radius 2 is 2.00 bits per heavy atom. The van der Waals surface area contributed by atoms with Crippen LogP contribution in [0.4, 0.5) is 11.4 Å². The van der Waals surface area contributed by atoms with Crippen LogP contribution >= 0.6 is 0 Å². The van der Waals surface area contributed by atoms with Gasteiger partial charge in [0.2, 0.25) is 10.0 Å². The van der Waals surface area contributed by atoms with Crippen LogP contribution in [-0.4, -0.2) is 21.5 Å². The first kappa shape index (κ1) is 14.1. The van der Waals surface area contributed by atoms with Crippen LogP contribution in [-0.2, 0) is 10.0 Å². The van der Waals surface area contributed by atoms with Crippen molar-refractivity contribution in [3.63, 3.8) is 0 Å². The van der Waals surface area contributed by atoms with E-state index in [-0.39, 0.29) is 10.6 Å². The average molecular weight is 283 g/mol. The third kappa shape index (κ3) is 3.19. The zero-order valence-corrected chi connectivity index (χ0v) is 12.0. The van der Waals surface area contributed by atoms with Gasteiger partial charge in [-0.1, -0.05) is 13.0 Å². The summed E-state index contributed by atoms with van der Waals surface area (Å²) in [5, 5.41) is 5.18. The van der Waals surface area contributed by atoms with Gasteiger partial charge < -0.3 is 10.6 Å². The van der Waals surface area contributed by atoms with Crippen molar-refractivity contribution in [3.8, 4) is 0 Å². The zero-order valence-electron chi connectivity index (χ0n) is 11.2. The van der Waals surface area contributed by atoms with Gasteiger partial charge in [-0.05, 0) is 37.3 Å². The van der Waals surface area contributed by atoms with Gasteiger partial charge >= 0.3 is 0 Å². The molecule has 1 unspecified atom stereocenters. The number of benzene rings is 1. The van der Waals surface area contributed by atoms with Gasteiger partial charge in [-0.25, -0.2) is 13.6 Å². The first-order chi connectivity index (χ1) is 8.89. The Bertz CT molecular complexity index is 557. The Morgan fingerprint density at radius 1 is 1.26 bits per heavy atom. The van der Waals surface area contributed by atoms with Gasteiger partial charge in [-0.3, -0.25) is 0 Å². The zero-order chi connectivity index (χ0) is 14.0. The minimum Gasteiger partial charge on any atom is -0.396 e. The molecule has 1 aromatic rings. The second-order valence-electron chi connectivity index (χ2n) is 5.26. The molecule has 0 saturated carbocycles. The van der Waals surface area contributed by atoms with E-state index in [1.807, 2.05) is 6.07 Å². The van der Waals surface area contributed by atoms with Crippen molar-refractivity contribution < 1.29 is 8.42 Å². The molecular weight excluding hydrogens is 262 g/mol. The smallest absolute Gasteiger partial charge is 0.240 e. The topological polar surface area (TPSA) is 89.4 Å². The number of nitrogens with zero attached hydrogens (tertiary/aromatic N) is 1. The SMILES string of the molecule is CC1CCCN(c2cccc(S(N)(=O)=O)c2N)CC1. The predicted molar refractivity (Wildman–Crippen MR) is 77.5 cm³/mol. The molecule has 1 saturated heterocycles. The molecule has 19 heavy (non-hydrogen) atoms. The number of rotatable bonds is 2. The van der Waals surface area contributed by atoms with E-state index in [1.54, 1.807) is 6.07 Å². The van der Waals surface area contributed by atoms with Crippen molar-refractivity contribution in [2.45, 2.75) is 31.1 Å². The van der Waals surface area contributed by atoms with Gasteiger partial charge in [0.15, 0.2) is 0 Å². The number of anilines is 2. The highest BCUT2D eigenvalue weighted by molar-refractivity contribution is 7.89. The lowest BCUT2D eigenvalue weighted by atomic mass is 10.0. The van der Waals surface area contributed by atoms with Gasteiger partial charge in [0.25, 0.3) is 0 Å². The van der Waals surface area contributed by atoms with Crippen LogP contribution < -0.4 is 15.8 Å². The van der Waals surface area contributed by atoms with Crippen molar-refractivity contribution in [1.29, 1.82) is 0 Å². The summed E-state index contributed by atoms with van der Waals surface area (Å²) in [4.78, 5) is 2.18. The van der Waals surface area contributed by atoms with Crippen LogP contribution in [0.15, 0.2) is 23.1 Å². The second-order valence-corrected chi connectivity index (χ2v) is 6.79. The van der Waals surface area contributed by atoms with Crippen LogP contribution in [0.2, 0.25) is 0 Å². The first-order valence-electron chi connectivity index (χ1n) is 6.56. The Balaban J connectivity index is 2.35. The Morgan fingerprint density at radius 3 is 2.68 bits per heavy atom. The highest BCUT2D eigenvalue weighted by Crippen LogP contribution is 2.31. The molecular formula is C13H21N3O2S. The largest absolute Gasteiger partial charge is 0.396 e. The third-order valence-corrected chi connectivity index (χ3v) is 4.68. The van der Waals surface area contributed by atoms with E-state index < -0.39 is 10.0 Å². The van der Waals surface area contributed by atoms with Crippen LogP contribution in [0.3, 0.4) is 0 Å². The van der Waals surface area contributed by atoms with Crippen LogP contribution in [0.5, 0.6) is 0 Å². The molecule has 1 aliphatic rings. The molecule has 1 atom stereocenters. The van der Waals surface area contributed by atoms with E-state index in [0.717, 1.165) is 31.6 Å². The number of nitrogen functional groups attached to an aromatic ring is 1. The summed E-state index contributed by atoms with van der Waals surface area (Å²) in [6.07, 6.45) is 3.39. The normalized spacial score (nSPS) is 21.2. The standard InChI is InChI=1S/C13H21N3O2S/c1-10-4-3-8-16(9-7-10)11-5-2-6-12(13(11)14)19(15,17)18/h2,5-6,10H,3-4,7-9,14H2,1H3,(H2,15,17,18). The van der Waals surface area contributed by atoms with Crippen LogP contribution in [0.1, 0.15) is 26.2 Å². The average Bonchev–Trinajstić information content (AvgIpc) is 2.53. The summed E-state index contributed by atoms with van der Waals surface area (Å²) in [6, 6.07) is 5.01. The summed E-state index contributed by atoms with van der Waals surface area (Å²) in [5.41, 5.74) is 7.03. The van der Waals surface area contributed by atoms with Crippen LogP contribution in [0.25, 0.3) is 0 Å². The fraction of sp³-hybridized carbons (Fsp3) is 0.538. The van der Waals surface area contributed by atoms with Crippen molar-refractivity contribution >= 4 is 21.4 Å². The molecule has 1 fully saturated rings. The van der Waals surface area contributed by atoms with Crippen molar-refractivity contribution in [2.75, 3.05) is 23.7 Å². The van der Waals surface area contributed by atoms with Crippen molar-refractivity contribution in [2.24, 2.45) is 11.1 Å². The lowest BCUT2D eigenvalue weighted by Crippen LogP contribution is -2.26. The Kier molecular flexibility index (Phi) is 4.01. The number of nitrogens with two attached hydrogens (primary N) is 2. The Labute approximate surface area is 114 Å². The molecule has 1 heterocycles. The molecule has 106 valence electrons. The summed E-state index contributed by atoms with van der Waals surface area (Å²) < 4.78 is 23.0. The maximum atomic E-state index is 11.5. The summed E-state index contributed by atoms with van der Waals surface area (Å²) in [7, 11) is -3.77. The molecule has 0 amide bonds. The summed E-state index contributed by atoms with van der Waals surface area (Å²) in [5.74, 6) is 0.702. The van der Waals surface area contributed by atoms with Gasteiger partial charge in [0.1, 0.15) is 4.90 Å². The molecule has 0 spiro atoms. The minimum atomic E-state index is -3.77. The molecule has 0 radical (unpaired) electrons. The number of hydrogen-bond donors (Lipinski definition) is 2. The van der Waals surface area contributed by atoms with E-state index in [2.05, 4.69) is 11.8 Å². The van der Waals surface area contributed by atoms with Gasteiger partial charge in [-0.15, -0.1) is 0 Å². The van der Waals surface area contributed by atoms with E-state index in [9.17, 15) is 8.42 Å². The molecule has 1 aliphatic heterocycles. The fourth-order valence-electron chi connectivity index (χ4n) is 2.56. The molecule has 6 heteroatoms. The number of para-hydroxylation sites is 1. The summed E-state index contributed by atoms with van der Waals surface area (Å²) >= 11 is 0. The maximum Gasteiger partial charge on any atom is 0.240 e. The molecule has 0 aromatic heterocycles. The lowest BCUT2D eigenvalue weighted by molar-refractivity contribution is 0.521. The molecule has 5 nitrogen and oxygen atoms in total. The minimum absolute atomic E-state index is 0.0160.